The van der Waals surface area contributed by atoms with Crippen LogP contribution >= 0.6 is 0 Å². The summed E-state index contributed by atoms with van der Waals surface area (Å²) >= 11 is 0. The van der Waals surface area contributed by atoms with E-state index in [1.165, 1.54) is 119 Å². The number of hydrogen-bond acceptors (Lipinski definition) is 0. The van der Waals surface area contributed by atoms with E-state index in [1.54, 1.807) is 16.7 Å². The predicted molar refractivity (Wildman–Crippen MR) is 168 cm³/mol. The van der Waals surface area contributed by atoms with Crippen LogP contribution in [0.4, 0.5) is 0 Å². The quantitative estimate of drug-likeness (QED) is 0.110. The molecule has 0 heteroatoms. The maximum atomic E-state index is 2.47. The molecule has 0 atom stereocenters. The smallest absolute Gasteiger partial charge is 0.0288 e. The second kappa shape index (κ2) is 23.8. The molecule has 0 aliphatic heterocycles. The maximum Gasteiger partial charge on any atom is -0.0288 e. The van der Waals surface area contributed by atoms with Gasteiger partial charge in [-0.05, 0) is 126 Å². The largest absolute Gasteiger partial charge is 0.0856 e. The fourth-order valence-electron chi connectivity index (χ4n) is 4.40. The van der Waals surface area contributed by atoms with Gasteiger partial charge in [0, 0.05) is 0 Å². The molecule has 0 aromatic heterocycles. The van der Waals surface area contributed by atoms with Gasteiger partial charge in [0.05, 0.1) is 0 Å². The zero-order chi connectivity index (χ0) is 27.0. The fourth-order valence-corrected chi connectivity index (χ4v) is 4.40. The first kappa shape index (κ1) is 34.4. The topological polar surface area (TPSA) is 0 Å². The summed E-state index contributed by atoms with van der Waals surface area (Å²) in [6.07, 6.45) is 34.7. The van der Waals surface area contributed by atoms with Gasteiger partial charge >= 0.3 is 0 Å². The van der Waals surface area contributed by atoms with Gasteiger partial charge in [0.2, 0.25) is 0 Å². The molecule has 0 N–H and O–H groups in total. The van der Waals surface area contributed by atoms with Crippen LogP contribution in [-0.4, -0.2) is 0 Å². The molecule has 0 saturated carbocycles. The lowest BCUT2D eigenvalue weighted by Crippen LogP contribution is -1.83. The van der Waals surface area contributed by atoms with Gasteiger partial charge in [0.15, 0.2) is 0 Å². The van der Waals surface area contributed by atoms with E-state index in [4.69, 9.17) is 0 Å². The second-order valence-electron chi connectivity index (χ2n) is 11.4. The van der Waals surface area contributed by atoms with Crippen molar-refractivity contribution in [1.29, 1.82) is 0 Å². The number of unbranched alkanes of at least 4 members (excludes halogenated alkanes) is 5. The van der Waals surface area contributed by atoms with Gasteiger partial charge in [-0.25, -0.2) is 0 Å². The Morgan fingerprint density at radius 3 is 1.08 bits per heavy atom. The molecule has 36 heavy (non-hydrogen) atoms. The van der Waals surface area contributed by atoms with E-state index in [0.29, 0.717) is 0 Å². The number of allylic oxidation sites excluding steroid dienone is 12. The fraction of sp³-hybridized carbons (Fsp3) is 0.667. The maximum absolute atomic E-state index is 2.47. The Kier molecular flexibility index (Phi) is 22.8. The molecule has 0 amide bonds. The summed E-state index contributed by atoms with van der Waals surface area (Å²) in [6.45, 7) is 18.1. The first-order valence-corrected chi connectivity index (χ1v) is 15.2. The van der Waals surface area contributed by atoms with Crippen molar-refractivity contribution in [1.82, 2.24) is 0 Å². The Labute approximate surface area is 227 Å². The average Bonchev–Trinajstić information content (AvgIpc) is 2.81. The van der Waals surface area contributed by atoms with Crippen molar-refractivity contribution in [2.24, 2.45) is 0 Å². The summed E-state index contributed by atoms with van der Waals surface area (Å²) in [6, 6.07) is 0. The van der Waals surface area contributed by atoms with Crippen LogP contribution in [0.25, 0.3) is 0 Å². The highest BCUT2D eigenvalue weighted by atomic mass is 14.0. The van der Waals surface area contributed by atoms with Crippen LogP contribution in [-0.2, 0) is 0 Å². The van der Waals surface area contributed by atoms with Crippen LogP contribution in [0, 0.1) is 0 Å². The van der Waals surface area contributed by atoms with Crippen LogP contribution in [0.1, 0.15) is 158 Å². The van der Waals surface area contributed by atoms with Gasteiger partial charge in [0.1, 0.15) is 0 Å². The normalized spacial score (nSPS) is 13.9. The minimum absolute atomic E-state index is 1.17. The van der Waals surface area contributed by atoms with Crippen molar-refractivity contribution in [2.45, 2.75) is 158 Å². The molecule has 0 radical (unpaired) electrons. The lowest BCUT2D eigenvalue weighted by Gasteiger charge is -2.04. The molecular weight excluding hydrogens is 432 g/mol. The third-order valence-corrected chi connectivity index (χ3v) is 7.01. The minimum Gasteiger partial charge on any atom is -0.0856 e. The molecule has 0 heterocycles. The van der Waals surface area contributed by atoms with Gasteiger partial charge < -0.3 is 0 Å². The second-order valence-corrected chi connectivity index (χ2v) is 11.4. The van der Waals surface area contributed by atoms with E-state index in [1.807, 2.05) is 0 Å². The monoisotopic (exact) mass is 494 g/mol. The molecule has 0 fully saturated rings. The Balaban J connectivity index is 4.04. The summed E-state index contributed by atoms with van der Waals surface area (Å²) in [5.74, 6) is 0. The Bertz CT molecular complexity index is 728. The minimum atomic E-state index is 1.17. The lowest BCUT2D eigenvalue weighted by molar-refractivity contribution is 0.630. The standard InChI is InChI=1S/C36H62/c1-9-10-11-12-13-21-32(4)25-17-29-36(8)30-19-27-34(6)23-15-14-22-33(5)26-18-28-35(7)24-16-20-31(2)3/h20,22-23,25,28,30H,9-19,21,24,26-27,29H2,1-8H3/b32-25?,33-22+,34-23+,35-28+,36-30+. The third kappa shape index (κ3) is 24.1. The Morgan fingerprint density at radius 1 is 0.361 bits per heavy atom. The van der Waals surface area contributed by atoms with Crippen molar-refractivity contribution >= 4 is 0 Å². The third-order valence-electron chi connectivity index (χ3n) is 7.01. The highest BCUT2D eigenvalue weighted by Gasteiger charge is 1.96. The summed E-state index contributed by atoms with van der Waals surface area (Å²) < 4.78 is 0. The van der Waals surface area contributed by atoms with E-state index in [9.17, 15) is 0 Å². The van der Waals surface area contributed by atoms with Crippen LogP contribution in [0.15, 0.2) is 69.9 Å². The zero-order valence-electron chi connectivity index (χ0n) is 25.8. The van der Waals surface area contributed by atoms with Crippen LogP contribution in [0.3, 0.4) is 0 Å². The molecule has 0 unspecified atom stereocenters. The van der Waals surface area contributed by atoms with Gasteiger partial charge in [-0.15, -0.1) is 0 Å². The Morgan fingerprint density at radius 2 is 0.694 bits per heavy atom. The zero-order valence-corrected chi connectivity index (χ0v) is 25.8. The van der Waals surface area contributed by atoms with Crippen LogP contribution < -0.4 is 0 Å². The van der Waals surface area contributed by atoms with E-state index in [-0.39, 0.29) is 0 Å². The van der Waals surface area contributed by atoms with Crippen LogP contribution in [0.5, 0.6) is 0 Å². The molecule has 0 aromatic rings. The summed E-state index contributed by atoms with van der Waals surface area (Å²) in [5, 5.41) is 0. The molecule has 0 bridgehead atoms. The van der Waals surface area contributed by atoms with E-state index >= 15 is 0 Å². The molecule has 0 saturated heterocycles. The molecule has 0 nitrogen and oxygen atoms in total. The van der Waals surface area contributed by atoms with Crippen molar-refractivity contribution < 1.29 is 0 Å². The molecule has 0 aliphatic rings. The van der Waals surface area contributed by atoms with E-state index in [2.05, 4.69) is 91.8 Å². The van der Waals surface area contributed by atoms with E-state index < -0.39 is 0 Å². The summed E-state index contributed by atoms with van der Waals surface area (Å²) in [7, 11) is 0. The molecule has 0 spiro atoms. The van der Waals surface area contributed by atoms with Crippen LogP contribution in [0.2, 0.25) is 0 Å². The van der Waals surface area contributed by atoms with Crippen molar-refractivity contribution in [2.75, 3.05) is 0 Å². The Hall–Kier alpha value is -1.56. The molecule has 0 aliphatic carbocycles. The first-order valence-electron chi connectivity index (χ1n) is 15.2. The van der Waals surface area contributed by atoms with Crippen molar-refractivity contribution in [3.05, 3.63) is 69.9 Å². The van der Waals surface area contributed by atoms with Crippen molar-refractivity contribution in [3.63, 3.8) is 0 Å². The van der Waals surface area contributed by atoms with Crippen molar-refractivity contribution in [3.8, 4) is 0 Å². The first-order chi connectivity index (χ1) is 17.2. The van der Waals surface area contributed by atoms with Gasteiger partial charge in [0.25, 0.3) is 0 Å². The number of rotatable bonds is 21. The van der Waals surface area contributed by atoms with Gasteiger partial charge in [-0.2, -0.15) is 0 Å². The van der Waals surface area contributed by atoms with Gasteiger partial charge in [-0.1, -0.05) is 103 Å². The molecular formula is C36H62. The SMILES string of the molecule is CCCCCCCC(C)=CCC/C(C)=C/CC/C(C)=C/CC/C=C(\C)CC/C=C(\C)CCC=C(C)C. The highest BCUT2D eigenvalue weighted by Crippen LogP contribution is 2.16. The number of hydrogen-bond donors (Lipinski definition) is 0. The van der Waals surface area contributed by atoms with E-state index in [0.717, 1.165) is 0 Å². The molecule has 0 rings (SSSR count). The molecule has 0 aromatic carbocycles. The lowest BCUT2D eigenvalue weighted by atomic mass is 10.0. The molecule has 206 valence electrons. The average molecular weight is 495 g/mol. The predicted octanol–water partition coefficient (Wildman–Crippen LogP) is 12.9. The summed E-state index contributed by atoms with van der Waals surface area (Å²) in [4.78, 5) is 0. The summed E-state index contributed by atoms with van der Waals surface area (Å²) in [5.41, 5.74) is 9.17. The highest BCUT2D eigenvalue weighted by molar-refractivity contribution is 5.08. The van der Waals surface area contributed by atoms with Gasteiger partial charge in [-0.3, -0.25) is 0 Å².